The molecule has 2 aromatic rings. The zero-order valence-electron chi connectivity index (χ0n) is 14.6. The third-order valence-corrected chi connectivity index (χ3v) is 4.37. The summed E-state index contributed by atoms with van der Waals surface area (Å²) in [6.07, 6.45) is -0.0478. The standard InChI is InChI=1S/C19H17FN2O5/c1-12-2-4-13(5-3-12)10-21-11-14(8-18(21)23)19(24)27-17-9-15(20)6-7-16(17)22(25)26/h2-7,9,14H,8,10-11H2,1H3. The van der Waals surface area contributed by atoms with Crippen LogP contribution in [0.1, 0.15) is 17.5 Å². The molecule has 1 aliphatic heterocycles. The molecule has 1 amide bonds. The molecule has 1 heterocycles. The summed E-state index contributed by atoms with van der Waals surface area (Å²) in [6.45, 7) is 2.47. The summed E-state index contributed by atoms with van der Waals surface area (Å²) in [6, 6.07) is 10.3. The van der Waals surface area contributed by atoms with Gasteiger partial charge in [0, 0.05) is 31.6 Å². The number of esters is 1. The van der Waals surface area contributed by atoms with Crippen molar-refractivity contribution in [2.75, 3.05) is 6.54 Å². The molecule has 8 heteroatoms. The van der Waals surface area contributed by atoms with Crippen LogP contribution in [-0.2, 0) is 16.1 Å². The number of likely N-dealkylation sites (tertiary alicyclic amines) is 1. The van der Waals surface area contributed by atoms with Gasteiger partial charge in [-0.3, -0.25) is 19.7 Å². The third kappa shape index (κ3) is 4.28. The Bertz CT molecular complexity index is 897. The molecular formula is C19H17FN2O5. The van der Waals surface area contributed by atoms with Gasteiger partial charge in [-0.1, -0.05) is 29.8 Å². The Morgan fingerprint density at radius 2 is 2.00 bits per heavy atom. The van der Waals surface area contributed by atoms with E-state index in [2.05, 4.69) is 0 Å². The number of halogens is 1. The van der Waals surface area contributed by atoms with Gasteiger partial charge < -0.3 is 9.64 Å². The number of carbonyl (C=O) groups is 2. The maximum absolute atomic E-state index is 13.4. The molecule has 0 aliphatic carbocycles. The van der Waals surface area contributed by atoms with E-state index in [9.17, 15) is 24.1 Å². The lowest BCUT2D eigenvalue weighted by Crippen LogP contribution is -2.27. The topological polar surface area (TPSA) is 89.8 Å². The SMILES string of the molecule is Cc1ccc(CN2CC(C(=O)Oc3cc(F)ccc3[N+](=O)[O-])CC2=O)cc1. The van der Waals surface area contributed by atoms with E-state index in [1.165, 1.54) is 4.90 Å². The Hall–Kier alpha value is -3.29. The molecule has 0 N–H and O–H groups in total. The number of aryl methyl sites for hydroxylation is 1. The van der Waals surface area contributed by atoms with Gasteiger partial charge in [-0.2, -0.15) is 0 Å². The molecule has 0 saturated carbocycles. The lowest BCUT2D eigenvalue weighted by atomic mass is 10.1. The van der Waals surface area contributed by atoms with Crippen molar-refractivity contribution in [2.24, 2.45) is 5.92 Å². The number of hydrogen-bond donors (Lipinski definition) is 0. The van der Waals surface area contributed by atoms with E-state index in [4.69, 9.17) is 4.74 Å². The van der Waals surface area contributed by atoms with Crippen molar-refractivity contribution >= 4 is 17.6 Å². The Kier molecular flexibility index (Phi) is 5.16. The fourth-order valence-electron chi connectivity index (χ4n) is 2.91. The number of carbonyl (C=O) groups excluding carboxylic acids is 2. The van der Waals surface area contributed by atoms with E-state index in [0.29, 0.717) is 6.54 Å². The highest BCUT2D eigenvalue weighted by Crippen LogP contribution is 2.30. The number of amides is 1. The zero-order valence-corrected chi connectivity index (χ0v) is 14.6. The molecule has 0 aromatic heterocycles. The highest BCUT2D eigenvalue weighted by atomic mass is 19.1. The molecule has 140 valence electrons. The van der Waals surface area contributed by atoms with Crippen LogP contribution in [0.3, 0.4) is 0 Å². The van der Waals surface area contributed by atoms with Gasteiger partial charge in [-0.15, -0.1) is 0 Å². The van der Waals surface area contributed by atoms with Crippen LogP contribution >= 0.6 is 0 Å². The largest absolute Gasteiger partial charge is 0.419 e. The average Bonchev–Trinajstić information content (AvgIpc) is 2.97. The van der Waals surface area contributed by atoms with Gasteiger partial charge in [0.25, 0.3) is 0 Å². The van der Waals surface area contributed by atoms with Crippen molar-refractivity contribution in [3.63, 3.8) is 0 Å². The molecule has 1 unspecified atom stereocenters. The summed E-state index contributed by atoms with van der Waals surface area (Å²) in [5.74, 6) is -2.97. The summed E-state index contributed by atoms with van der Waals surface area (Å²) in [5, 5.41) is 11.0. The molecule has 0 bridgehead atoms. The number of benzene rings is 2. The van der Waals surface area contributed by atoms with Crippen LogP contribution in [0.5, 0.6) is 5.75 Å². The van der Waals surface area contributed by atoms with Crippen molar-refractivity contribution in [3.05, 3.63) is 69.5 Å². The quantitative estimate of drug-likeness (QED) is 0.348. The first-order valence-corrected chi connectivity index (χ1v) is 8.32. The maximum atomic E-state index is 13.4. The number of hydrogen-bond acceptors (Lipinski definition) is 5. The summed E-state index contributed by atoms with van der Waals surface area (Å²) < 4.78 is 18.4. The molecule has 27 heavy (non-hydrogen) atoms. The molecule has 7 nitrogen and oxygen atoms in total. The number of nitro benzene ring substituents is 1. The van der Waals surface area contributed by atoms with Crippen molar-refractivity contribution < 1.29 is 23.6 Å². The Labute approximate surface area is 154 Å². The number of nitro groups is 1. The van der Waals surface area contributed by atoms with Crippen LogP contribution in [0, 0.1) is 28.8 Å². The first kappa shape index (κ1) is 18.5. The summed E-state index contributed by atoms with van der Waals surface area (Å²) in [5.41, 5.74) is 1.53. The fourth-order valence-corrected chi connectivity index (χ4v) is 2.91. The van der Waals surface area contributed by atoms with Crippen LogP contribution in [0.25, 0.3) is 0 Å². The predicted octanol–water partition coefficient (Wildman–Crippen LogP) is 3.00. The average molecular weight is 372 g/mol. The van der Waals surface area contributed by atoms with Crippen LogP contribution < -0.4 is 4.74 Å². The van der Waals surface area contributed by atoms with Crippen molar-refractivity contribution in [2.45, 2.75) is 19.9 Å². The highest BCUT2D eigenvalue weighted by molar-refractivity contribution is 5.88. The van der Waals surface area contributed by atoms with Gasteiger partial charge in [0.05, 0.1) is 10.8 Å². The minimum absolute atomic E-state index is 0.0478. The van der Waals surface area contributed by atoms with E-state index in [0.717, 1.165) is 29.3 Å². The normalized spacial score (nSPS) is 16.4. The second kappa shape index (κ2) is 7.53. The Morgan fingerprint density at radius 1 is 1.30 bits per heavy atom. The van der Waals surface area contributed by atoms with E-state index in [-0.39, 0.29) is 18.9 Å². The summed E-state index contributed by atoms with van der Waals surface area (Å²) >= 11 is 0. The van der Waals surface area contributed by atoms with Crippen molar-refractivity contribution in [3.8, 4) is 5.75 Å². The van der Waals surface area contributed by atoms with Gasteiger partial charge in [-0.25, -0.2) is 4.39 Å². The highest BCUT2D eigenvalue weighted by Gasteiger charge is 2.36. The lowest BCUT2D eigenvalue weighted by Gasteiger charge is -2.16. The van der Waals surface area contributed by atoms with Crippen molar-refractivity contribution in [1.29, 1.82) is 0 Å². The molecule has 2 aromatic carbocycles. The second-order valence-corrected chi connectivity index (χ2v) is 6.45. The minimum Gasteiger partial charge on any atom is -0.419 e. The molecule has 0 spiro atoms. The second-order valence-electron chi connectivity index (χ2n) is 6.45. The molecule has 1 atom stereocenters. The Balaban J connectivity index is 1.68. The van der Waals surface area contributed by atoms with Gasteiger partial charge >= 0.3 is 11.7 Å². The monoisotopic (exact) mass is 372 g/mol. The third-order valence-electron chi connectivity index (χ3n) is 4.37. The molecule has 3 rings (SSSR count). The van der Waals surface area contributed by atoms with E-state index in [1.54, 1.807) is 0 Å². The van der Waals surface area contributed by atoms with Gasteiger partial charge in [0.2, 0.25) is 11.7 Å². The summed E-state index contributed by atoms with van der Waals surface area (Å²) in [4.78, 5) is 36.3. The number of nitrogens with zero attached hydrogens (tertiary/aromatic N) is 2. The first-order chi connectivity index (χ1) is 12.8. The predicted molar refractivity (Wildman–Crippen MR) is 93.4 cm³/mol. The number of ether oxygens (including phenoxy) is 1. The Morgan fingerprint density at radius 3 is 2.67 bits per heavy atom. The maximum Gasteiger partial charge on any atom is 0.316 e. The first-order valence-electron chi connectivity index (χ1n) is 8.32. The van der Waals surface area contributed by atoms with E-state index in [1.807, 2.05) is 31.2 Å². The van der Waals surface area contributed by atoms with E-state index < -0.39 is 34.1 Å². The smallest absolute Gasteiger partial charge is 0.316 e. The van der Waals surface area contributed by atoms with Crippen LogP contribution in [0.15, 0.2) is 42.5 Å². The van der Waals surface area contributed by atoms with Crippen LogP contribution in [0.4, 0.5) is 10.1 Å². The molecule has 1 saturated heterocycles. The lowest BCUT2D eigenvalue weighted by molar-refractivity contribution is -0.385. The van der Waals surface area contributed by atoms with Crippen molar-refractivity contribution in [1.82, 2.24) is 4.90 Å². The molecular weight excluding hydrogens is 355 g/mol. The van der Waals surface area contributed by atoms with Gasteiger partial charge in [0.15, 0.2) is 0 Å². The van der Waals surface area contributed by atoms with E-state index >= 15 is 0 Å². The molecule has 1 aliphatic rings. The molecule has 1 fully saturated rings. The van der Waals surface area contributed by atoms with Gasteiger partial charge in [0.1, 0.15) is 5.82 Å². The van der Waals surface area contributed by atoms with Crippen LogP contribution in [0.2, 0.25) is 0 Å². The molecule has 0 radical (unpaired) electrons. The number of rotatable bonds is 5. The minimum atomic E-state index is -0.788. The van der Waals surface area contributed by atoms with Gasteiger partial charge in [-0.05, 0) is 18.6 Å². The van der Waals surface area contributed by atoms with Crippen LogP contribution in [-0.4, -0.2) is 28.2 Å². The summed E-state index contributed by atoms with van der Waals surface area (Å²) in [7, 11) is 0. The fraction of sp³-hybridized carbons (Fsp3) is 0.263. The zero-order chi connectivity index (χ0) is 19.6.